The zero-order valence-electron chi connectivity index (χ0n) is 33.2. The Labute approximate surface area is 324 Å². The molecule has 1 fully saturated rings. The average molecular weight is 772 g/mol. The summed E-state index contributed by atoms with van der Waals surface area (Å²) in [5.74, 6) is -3.27. The fourth-order valence-corrected chi connectivity index (χ4v) is 7.78. The Morgan fingerprint density at radius 2 is 1.76 bits per heavy atom. The van der Waals surface area contributed by atoms with Crippen molar-refractivity contribution in [3.8, 4) is 0 Å². The van der Waals surface area contributed by atoms with Crippen LogP contribution in [0, 0.1) is 17.8 Å². The number of aliphatic carboxylic acids is 1. The second-order valence-electron chi connectivity index (χ2n) is 14.9. The van der Waals surface area contributed by atoms with Gasteiger partial charge in [-0.3, -0.25) is 28.9 Å². The van der Waals surface area contributed by atoms with Gasteiger partial charge in [-0.25, -0.2) is 4.98 Å². The van der Waals surface area contributed by atoms with Gasteiger partial charge in [-0.15, -0.1) is 11.3 Å². The number of amides is 3. The van der Waals surface area contributed by atoms with E-state index in [0.29, 0.717) is 17.8 Å². The molecule has 1 aromatic carbocycles. The van der Waals surface area contributed by atoms with Gasteiger partial charge in [0, 0.05) is 44.5 Å². The number of hydrogen-bond acceptors (Lipinski definition) is 10. The lowest BCUT2D eigenvalue weighted by Crippen LogP contribution is -2.59. The number of esters is 1. The monoisotopic (exact) mass is 771 g/mol. The number of ether oxygens (including phenoxy) is 2. The van der Waals surface area contributed by atoms with Crippen LogP contribution < -0.4 is 10.6 Å². The molecular weight excluding hydrogens is 711 g/mol. The molecule has 1 aliphatic heterocycles. The van der Waals surface area contributed by atoms with Gasteiger partial charge < -0.3 is 30.1 Å². The molecule has 0 saturated carbocycles. The molecule has 0 spiro atoms. The van der Waals surface area contributed by atoms with E-state index in [1.165, 1.54) is 18.3 Å². The number of nitrogens with zero attached hydrogens (tertiary/aromatic N) is 3. The predicted octanol–water partition coefficient (Wildman–Crippen LogP) is 5.10. The summed E-state index contributed by atoms with van der Waals surface area (Å²) >= 11 is 1.18. The topological polar surface area (TPSA) is 167 Å². The van der Waals surface area contributed by atoms with Crippen LogP contribution in [0.15, 0.2) is 35.7 Å². The van der Waals surface area contributed by atoms with Gasteiger partial charge >= 0.3 is 11.9 Å². The summed E-state index contributed by atoms with van der Waals surface area (Å²) in [4.78, 5) is 74.3. The highest BCUT2D eigenvalue weighted by Gasteiger charge is 2.39. The van der Waals surface area contributed by atoms with E-state index in [9.17, 15) is 29.1 Å². The number of likely N-dealkylation sites (N-methyl/N-ethyl adjacent to an activating group) is 1. The van der Waals surface area contributed by atoms with Gasteiger partial charge in [0.25, 0.3) is 5.91 Å². The zero-order valence-corrected chi connectivity index (χ0v) is 34.0. The minimum Gasteiger partial charge on any atom is -0.481 e. The molecule has 3 rings (SSSR count). The van der Waals surface area contributed by atoms with Crippen molar-refractivity contribution < 1.29 is 38.6 Å². The third kappa shape index (κ3) is 13.2. The summed E-state index contributed by atoms with van der Waals surface area (Å²) in [6.07, 6.45) is 3.37. The number of carboxylic acids is 1. The number of hydrogen-bond donors (Lipinski definition) is 3. The van der Waals surface area contributed by atoms with Crippen molar-refractivity contribution in [2.24, 2.45) is 17.8 Å². The van der Waals surface area contributed by atoms with Crippen LogP contribution in [-0.4, -0.2) is 108 Å². The third-order valence-corrected chi connectivity index (χ3v) is 11.3. The van der Waals surface area contributed by atoms with Crippen molar-refractivity contribution in [1.29, 1.82) is 0 Å². The van der Waals surface area contributed by atoms with Crippen molar-refractivity contribution in [3.63, 3.8) is 0 Å². The molecule has 1 saturated heterocycles. The van der Waals surface area contributed by atoms with E-state index in [-0.39, 0.29) is 61.4 Å². The Kier molecular flexibility index (Phi) is 18.0. The molecule has 0 radical (unpaired) electrons. The highest BCUT2D eigenvalue weighted by molar-refractivity contribution is 7.09. The first kappa shape index (κ1) is 44.5. The number of piperidine rings is 1. The number of aromatic nitrogens is 1. The van der Waals surface area contributed by atoms with Crippen LogP contribution >= 0.6 is 11.3 Å². The number of carbonyl (C=O) groups is 5. The molecular formula is C40H61N5O8S. The van der Waals surface area contributed by atoms with Crippen LogP contribution in [0.1, 0.15) is 107 Å². The standard InChI is InChI=1S/C40H61N5O8S/c1-9-26(4)35(43-37(48)32-17-13-14-18-44(32)7)39(49)45(19-20-52-8)33(25(2)3)23-34(53-28(6)46)38-42-31(24-54-38)36(47)41-30(21-27(5)40(50)51)22-29-15-11-10-12-16-29/h10-12,15-16,24-27,30,32-35H,9,13-14,17-23H2,1-8H3,(H,41,47)(H,43,48)(H,50,51)/t26?,27-,30+,32?,33+,34+,35?/m0/s1. The van der Waals surface area contributed by atoms with Crippen LogP contribution in [-0.2, 0) is 35.1 Å². The van der Waals surface area contributed by atoms with E-state index < -0.39 is 48.0 Å². The van der Waals surface area contributed by atoms with Crippen LogP contribution in [0.5, 0.6) is 0 Å². The fraction of sp³-hybridized carbons (Fsp3) is 0.650. The SMILES string of the molecule is CCC(C)C(NC(=O)C1CCCCN1C)C(=O)N(CCOC)[C@H](C[C@@H](OC(C)=O)c1nc(C(=O)N[C@@H](Cc2ccccc2)C[C@H](C)C(=O)O)cs1)C(C)C. The summed E-state index contributed by atoms with van der Waals surface area (Å²) in [7, 11) is 3.51. The minimum absolute atomic E-state index is 0.0978. The van der Waals surface area contributed by atoms with Gasteiger partial charge in [0.05, 0.1) is 18.6 Å². The van der Waals surface area contributed by atoms with Crippen LogP contribution in [0.2, 0.25) is 0 Å². The molecule has 13 nitrogen and oxygen atoms in total. The van der Waals surface area contributed by atoms with Crippen LogP contribution in [0.3, 0.4) is 0 Å². The van der Waals surface area contributed by atoms with E-state index >= 15 is 0 Å². The first-order valence-corrected chi connectivity index (χ1v) is 20.0. The summed E-state index contributed by atoms with van der Waals surface area (Å²) in [6.45, 7) is 12.2. The molecule has 3 N–H and O–H groups in total. The molecule has 3 amide bonds. The number of benzene rings is 1. The molecule has 2 heterocycles. The van der Waals surface area contributed by atoms with Crippen molar-refractivity contribution in [2.45, 2.75) is 117 Å². The Morgan fingerprint density at radius 3 is 2.35 bits per heavy atom. The maximum absolute atomic E-state index is 14.6. The highest BCUT2D eigenvalue weighted by Crippen LogP contribution is 2.32. The Hall–Kier alpha value is -3.88. The normalized spacial score (nSPS) is 18.1. The molecule has 7 atom stereocenters. The first-order valence-electron chi connectivity index (χ1n) is 19.2. The Morgan fingerprint density at radius 1 is 1.06 bits per heavy atom. The molecule has 1 aliphatic rings. The maximum atomic E-state index is 14.6. The number of thiazole rings is 1. The molecule has 3 unspecified atom stereocenters. The molecule has 0 bridgehead atoms. The van der Waals surface area contributed by atoms with Crippen molar-refractivity contribution in [2.75, 3.05) is 33.9 Å². The van der Waals surface area contributed by atoms with Gasteiger partial charge in [0.1, 0.15) is 16.7 Å². The van der Waals surface area contributed by atoms with E-state index in [1.807, 2.05) is 70.0 Å². The second-order valence-corrected chi connectivity index (χ2v) is 15.8. The average Bonchev–Trinajstić information content (AvgIpc) is 3.63. The molecule has 54 heavy (non-hydrogen) atoms. The van der Waals surface area contributed by atoms with Crippen molar-refractivity contribution in [1.82, 2.24) is 25.4 Å². The Bertz CT molecular complexity index is 1520. The first-order chi connectivity index (χ1) is 25.7. The van der Waals surface area contributed by atoms with Gasteiger partial charge in [-0.2, -0.15) is 0 Å². The van der Waals surface area contributed by atoms with Crippen LogP contribution in [0.4, 0.5) is 0 Å². The summed E-state index contributed by atoms with van der Waals surface area (Å²) in [6, 6.07) is 7.53. The van der Waals surface area contributed by atoms with E-state index in [4.69, 9.17) is 9.47 Å². The molecule has 2 aromatic rings. The summed E-state index contributed by atoms with van der Waals surface area (Å²) in [5, 5.41) is 17.7. The number of nitrogens with one attached hydrogen (secondary N) is 2. The smallest absolute Gasteiger partial charge is 0.306 e. The molecule has 14 heteroatoms. The summed E-state index contributed by atoms with van der Waals surface area (Å²) < 4.78 is 11.3. The molecule has 1 aromatic heterocycles. The Balaban J connectivity index is 1.89. The van der Waals surface area contributed by atoms with Crippen molar-refractivity contribution >= 4 is 41.0 Å². The zero-order chi connectivity index (χ0) is 39.9. The second kappa shape index (κ2) is 21.9. The number of rotatable bonds is 21. The van der Waals surface area contributed by atoms with Gasteiger partial charge in [0.2, 0.25) is 11.8 Å². The number of likely N-dealkylation sites (tertiary alicyclic amines) is 1. The minimum atomic E-state index is -0.949. The number of carboxylic acid groups (broad SMARTS) is 1. The van der Waals surface area contributed by atoms with Gasteiger partial charge in [-0.05, 0) is 56.7 Å². The third-order valence-electron chi connectivity index (χ3n) is 10.4. The van der Waals surface area contributed by atoms with Gasteiger partial charge in [0.15, 0.2) is 6.10 Å². The van der Waals surface area contributed by atoms with Crippen LogP contribution in [0.25, 0.3) is 0 Å². The number of carbonyl (C=O) groups excluding carboxylic acids is 4. The largest absolute Gasteiger partial charge is 0.481 e. The van der Waals surface area contributed by atoms with Gasteiger partial charge in [-0.1, -0.05) is 77.8 Å². The predicted molar refractivity (Wildman–Crippen MR) is 208 cm³/mol. The maximum Gasteiger partial charge on any atom is 0.306 e. The highest BCUT2D eigenvalue weighted by atomic mass is 32.1. The molecule has 300 valence electrons. The van der Waals surface area contributed by atoms with E-state index in [0.717, 1.165) is 31.4 Å². The lowest BCUT2D eigenvalue weighted by atomic mass is 9.92. The lowest BCUT2D eigenvalue weighted by molar-refractivity contribution is -0.150. The van der Waals surface area contributed by atoms with Crippen molar-refractivity contribution in [3.05, 3.63) is 52.0 Å². The fourth-order valence-electron chi connectivity index (χ4n) is 6.94. The summed E-state index contributed by atoms with van der Waals surface area (Å²) in [5.41, 5.74) is 1.08. The lowest BCUT2D eigenvalue weighted by Gasteiger charge is -2.40. The van der Waals surface area contributed by atoms with E-state index in [1.54, 1.807) is 24.3 Å². The molecule has 0 aliphatic carbocycles. The number of methoxy groups -OCH3 is 1. The quantitative estimate of drug-likeness (QED) is 0.145. The van der Waals surface area contributed by atoms with E-state index in [2.05, 4.69) is 15.6 Å².